The number of aromatic nitrogens is 1. The minimum absolute atomic E-state index is 0.00256. The predicted octanol–water partition coefficient (Wildman–Crippen LogP) is 3.25. The molecule has 1 atom stereocenters. The molecule has 7 heteroatoms. The highest BCUT2D eigenvalue weighted by atomic mass is 35.5. The van der Waals surface area contributed by atoms with Gasteiger partial charge in [-0.1, -0.05) is 16.8 Å². The maximum Gasteiger partial charge on any atom is 0.374 e. The van der Waals surface area contributed by atoms with E-state index in [0.29, 0.717) is 28.6 Å². The normalized spacial score (nSPS) is 18.1. The van der Waals surface area contributed by atoms with Crippen LogP contribution in [0.5, 0.6) is 5.75 Å². The topological polar surface area (TPSA) is 81.8 Å². The van der Waals surface area contributed by atoms with E-state index >= 15 is 0 Å². The van der Waals surface area contributed by atoms with Gasteiger partial charge in [0.2, 0.25) is 5.76 Å². The number of hydrogen-bond donors (Lipinski definition) is 1. The molecule has 0 spiro atoms. The summed E-state index contributed by atoms with van der Waals surface area (Å²) in [5.41, 5.74) is 1.07. The number of halogens is 1. The molecule has 0 aliphatic carbocycles. The first-order chi connectivity index (χ1) is 10.6. The van der Waals surface area contributed by atoms with Crippen molar-refractivity contribution in [1.29, 1.82) is 0 Å². The molecule has 0 amide bonds. The summed E-state index contributed by atoms with van der Waals surface area (Å²) in [6.07, 6.45) is 1.91. The van der Waals surface area contributed by atoms with Crippen LogP contribution in [-0.2, 0) is 4.74 Å². The van der Waals surface area contributed by atoms with E-state index in [9.17, 15) is 4.79 Å². The van der Waals surface area contributed by atoms with Gasteiger partial charge in [-0.25, -0.2) is 4.79 Å². The Kier molecular flexibility index (Phi) is 4.31. The fraction of sp³-hybridized carbons (Fsp3) is 0.333. The molecule has 1 unspecified atom stereocenters. The van der Waals surface area contributed by atoms with E-state index in [1.807, 2.05) is 0 Å². The molecule has 6 nitrogen and oxygen atoms in total. The van der Waals surface area contributed by atoms with Crippen LogP contribution in [0.2, 0.25) is 5.02 Å². The third-order valence-electron chi connectivity index (χ3n) is 3.36. The van der Waals surface area contributed by atoms with Crippen LogP contribution in [0.1, 0.15) is 23.4 Å². The Balaban J connectivity index is 1.77. The van der Waals surface area contributed by atoms with Gasteiger partial charge in [0.05, 0.1) is 11.6 Å². The molecule has 1 aromatic heterocycles. The van der Waals surface area contributed by atoms with Crippen LogP contribution in [0.3, 0.4) is 0 Å². The summed E-state index contributed by atoms with van der Waals surface area (Å²) in [5.74, 6) is -0.809. The minimum Gasteiger partial charge on any atom is -0.486 e. The maximum absolute atomic E-state index is 10.8. The van der Waals surface area contributed by atoms with E-state index < -0.39 is 5.97 Å². The lowest BCUT2D eigenvalue weighted by Gasteiger charge is -2.23. The molecule has 1 fully saturated rings. The summed E-state index contributed by atoms with van der Waals surface area (Å²) in [6, 6.07) is 6.52. The van der Waals surface area contributed by atoms with Gasteiger partial charge in [0.1, 0.15) is 17.5 Å². The summed E-state index contributed by atoms with van der Waals surface area (Å²) in [7, 11) is 0. The first-order valence-electron chi connectivity index (χ1n) is 6.88. The van der Waals surface area contributed by atoms with Crippen LogP contribution >= 0.6 is 11.6 Å². The van der Waals surface area contributed by atoms with E-state index in [-0.39, 0.29) is 11.9 Å². The Morgan fingerprint density at radius 2 is 2.27 bits per heavy atom. The van der Waals surface area contributed by atoms with Gasteiger partial charge in [0.25, 0.3) is 0 Å². The Hall–Kier alpha value is -2.05. The van der Waals surface area contributed by atoms with E-state index in [1.54, 1.807) is 18.2 Å². The molecule has 1 aliphatic heterocycles. The number of hydrogen-bond acceptors (Lipinski definition) is 5. The van der Waals surface area contributed by atoms with Gasteiger partial charge < -0.3 is 19.1 Å². The molecule has 0 saturated carbocycles. The van der Waals surface area contributed by atoms with Crippen molar-refractivity contribution in [1.82, 2.24) is 5.16 Å². The van der Waals surface area contributed by atoms with Crippen molar-refractivity contribution in [3.63, 3.8) is 0 Å². The van der Waals surface area contributed by atoms with Crippen LogP contribution in [0.25, 0.3) is 11.3 Å². The summed E-state index contributed by atoms with van der Waals surface area (Å²) >= 11 is 6.23. The Bertz CT molecular complexity index is 678. The third-order valence-corrected chi connectivity index (χ3v) is 3.66. The van der Waals surface area contributed by atoms with Crippen molar-refractivity contribution in [2.45, 2.75) is 18.9 Å². The van der Waals surface area contributed by atoms with Crippen LogP contribution in [0.15, 0.2) is 28.8 Å². The summed E-state index contributed by atoms with van der Waals surface area (Å²) in [6.45, 7) is 1.33. The number of aromatic carboxylic acids is 1. The number of carbonyl (C=O) groups is 1. The van der Waals surface area contributed by atoms with Gasteiger partial charge >= 0.3 is 5.97 Å². The standard InChI is InChI=1S/C15H14ClNO5/c16-11-6-9(12-7-14(15(18)19)22-17-12)3-4-13(11)21-10-2-1-5-20-8-10/h3-4,6-7,10H,1-2,5,8H2,(H,18,19). The molecule has 2 heterocycles. The largest absolute Gasteiger partial charge is 0.486 e. The van der Waals surface area contributed by atoms with Crippen LogP contribution in [0.4, 0.5) is 0 Å². The summed E-state index contributed by atoms with van der Waals surface area (Å²) < 4.78 is 15.9. The molecule has 1 aromatic carbocycles. The molecule has 1 saturated heterocycles. The van der Waals surface area contributed by atoms with E-state index in [4.69, 9.17) is 30.7 Å². The van der Waals surface area contributed by atoms with Crippen molar-refractivity contribution >= 4 is 17.6 Å². The van der Waals surface area contributed by atoms with Gasteiger partial charge in [-0.2, -0.15) is 0 Å². The highest BCUT2D eigenvalue weighted by molar-refractivity contribution is 6.32. The Labute approximate surface area is 131 Å². The second-order valence-electron chi connectivity index (χ2n) is 4.98. The zero-order valence-electron chi connectivity index (χ0n) is 11.6. The van der Waals surface area contributed by atoms with Crippen molar-refractivity contribution in [2.75, 3.05) is 13.2 Å². The van der Waals surface area contributed by atoms with Gasteiger partial charge in [-0.05, 0) is 31.0 Å². The number of rotatable bonds is 4. The zero-order valence-corrected chi connectivity index (χ0v) is 12.4. The Morgan fingerprint density at radius 3 is 2.91 bits per heavy atom. The molecular weight excluding hydrogens is 310 g/mol. The zero-order chi connectivity index (χ0) is 15.5. The number of carboxylic acid groups (broad SMARTS) is 1. The average Bonchev–Trinajstić information content (AvgIpc) is 3.00. The van der Waals surface area contributed by atoms with Crippen LogP contribution in [-0.4, -0.2) is 35.6 Å². The lowest BCUT2D eigenvalue weighted by molar-refractivity contribution is 0.00748. The van der Waals surface area contributed by atoms with Gasteiger partial charge in [-0.15, -0.1) is 0 Å². The maximum atomic E-state index is 10.8. The van der Waals surface area contributed by atoms with E-state index in [2.05, 4.69) is 5.16 Å². The molecule has 2 aromatic rings. The summed E-state index contributed by atoms with van der Waals surface area (Å²) in [4.78, 5) is 10.8. The predicted molar refractivity (Wildman–Crippen MR) is 78.4 cm³/mol. The SMILES string of the molecule is O=C(O)c1cc(-c2ccc(OC3CCCOC3)c(Cl)c2)no1. The molecule has 0 radical (unpaired) electrons. The lowest BCUT2D eigenvalue weighted by Crippen LogP contribution is -2.28. The van der Waals surface area contributed by atoms with E-state index in [1.165, 1.54) is 6.07 Å². The lowest BCUT2D eigenvalue weighted by atomic mass is 10.1. The minimum atomic E-state index is -1.16. The van der Waals surface area contributed by atoms with Crippen molar-refractivity contribution in [2.24, 2.45) is 0 Å². The highest BCUT2D eigenvalue weighted by Gasteiger charge is 2.18. The smallest absolute Gasteiger partial charge is 0.374 e. The highest BCUT2D eigenvalue weighted by Crippen LogP contribution is 2.31. The van der Waals surface area contributed by atoms with Gasteiger partial charge in [0, 0.05) is 18.2 Å². The third kappa shape index (κ3) is 3.23. The fourth-order valence-corrected chi connectivity index (χ4v) is 2.48. The molecule has 1 N–H and O–H groups in total. The average molecular weight is 324 g/mol. The van der Waals surface area contributed by atoms with Gasteiger partial charge in [0.15, 0.2) is 0 Å². The number of benzene rings is 1. The number of carboxylic acids is 1. The quantitative estimate of drug-likeness (QED) is 0.930. The molecule has 1 aliphatic rings. The molecule has 22 heavy (non-hydrogen) atoms. The second-order valence-corrected chi connectivity index (χ2v) is 5.39. The first-order valence-corrected chi connectivity index (χ1v) is 7.25. The molecule has 0 bridgehead atoms. The molecular formula is C15H14ClNO5. The fourth-order valence-electron chi connectivity index (χ4n) is 2.25. The second kappa shape index (κ2) is 6.37. The van der Waals surface area contributed by atoms with Gasteiger partial charge in [-0.3, -0.25) is 0 Å². The summed E-state index contributed by atoms with van der Waals surface area (Å²) in [5, 5.41) is 13.0. The number of ether oxygens (including phenoxy) is 2. The van der Waals surface area contributed by atoms with Crippen molar-refractivity contribution in [3.8, 4) is 17.0 Å². The van der Waals surface area contributed by atoms with E-state index in [0.717, 1.165) is 19.4 Å². The van der Waals surface area contributed by atoms with Crippen LogP contribution < -0.4 is 4.74 Å². The number of nitrogens with zero attached hydrogens (tertiary/aromatic N) is 1. The Morgan fingerprint density at radius 1 is 1.41 bits per heavy atom. The van der Waals surface area contributed by atoms with Crippen molar-refractivity contribution < 1.29 is 23.9 Å². The molecule has 3 rings (SSSR count). The van der Waals surface area contributed by atoms with Crippen LogP contribution in [0, 0.1) is 0 Å². The molecule has 116 valence electrons. The monoisotopic (exact) mass is 323 g/mol. The first kappa shape index (κ1) is 14.9. The van der Waals surface area contributed by atoms with Crippen molar-refractivity contribution in [3.05, 3.63) is 35.0 Å².